The lowest BCUT2D eigenvalue weighted by Gasteiger charge is -2.05. The van der Waals surface area contributed by atoms with Gasteiger partial charge in [-0.3, -0.25) is 4.68 Å². The van der Waals surface area contributed by atoms with E-state index in [1.54, 1.807) is 15.4 Å². The lowest BCUT2D eigenvalue weighted by Crippen LogP contribution is -1.93. The number of anilines is 2. The van der Waals surface area contributed by atoms with Crippen molar-refractivity contribution in [3.8, 4) is 22.9 Å². The molecule has 0 saturated carbocycles. The normalized spacial score (nSPS) is 10.6. The van der Waals surface area contributed by atoms with Crippen molar-refractivity contribution in [1.29, 1.82) is 5.26 Å². The number of aryl methyl sites for hydroxylation is 1. The van der Waals surface area contributed by atoms with Crippen LogP contribution < -0.4 is 10.1 Å². The van der Waals surface area contributed by atoms with Gasteiger partial charge in [0.15, 0.2) is 12.3 Å². The van der Waals surface area contributed by atoms with Crippen LogP contribution in [0.5, 0.6) is 5.75 Å². The zero-order valence-corrected chi connectivity index (χ0v) is 14.0. The SMILES string of the molecule is Cn1cc(Nc2nc3c(-c4ccc(OCC#N)cc4)cccn3n2)cn1. The van der Waals surface area contributed by atoms with Crippen molar-refractivity contribution < 1.29 is 4.74 Å². The van der Waals surface area contributed by atoms with Gasteiger partial charge >= 0.3 is 0 Å². The van der Waals surface area contributed by atoms with Crippen LogP contribution in [-0.4, -0.2) is 31.0 Å². The Balaban J connectivity index is 1.66. The van der Waals surface area contributed by atoms with E-state index in [0.29, 0.717) is 11.7 Å². The number of hydrogen-bond acceptors (Lipinski definition) is 6. The highest BCUT2D eigenvalue weighted by Gasteiger charge is 2.10. The molecule has 0 aliphatic carbocycles. The number of rotatable bonds is 5. The summed E-state index contributed by atoms with van der Waals surface area (Å²) in [5.74, 6) is 1.15. The fourth-order valence-electron chi connectivity index (χ4n) is 2.65. The molecule has 26 heavy (non-hydrogen) atoms. The van der Waals surface area contributed by atoms with Gasteiger partial charge in [0.1, 0.15) is 11.8 Å². The summed E-state index contributed by atoms with van der Waals surface area (Å²) in [6, 6.07) is 13.4. The minimum Gasteiger partial charge on any atom is -0.479 e. The van der Waals surface area contributed by atoms with Crippen molar-refractivity contribution in [3.63, 3.8) is 0 Å². The third kappa shape index (κ3) is 3.06. The molecule has 0 amide bonds. The summed E-state index contributed by atoms with van der Waals surface area (Å²) < 4.78 is 8.73. The van der Waals surface area contributed by atoms with Gasteiger partial charge in [-0.05, 0) is 29.8 Å². The summed E-state index contributed by atoms with van der Waals surface area (Å²) in [7, 11) is 1.85. The molecule has 1 N–H and O–H groups in total. The van der Waals surface area contributed by atoms with Crippen LogP contribution in [0, 0.1) is 11.3 Å². The van der Waals surface area contributed by atoms with Crippen LogP contribution >= 0.6 is 0 Å². The fourth-order valence-corrected chi connectivity index (χ4v) is 2.65. The van der Waals surface area contributed by atoms with Crippen molar-refractivity contribution in [3.05, 3.63) is 55.0 Å². The average Bonchev–Trinajstić information content (AvgIpc) is 3.25. The van der Waals surface area contributed by atoms with Gasteiger partial charge in [-0.1, -0.05) is 12.1 Å². The number of pyridine rings is 1. The third-order valence-corrected chi connectivity index (χ3v) is 3.79. The molecule has 8 nitrogen and oxygen atoms in total. The molecule has 0 spiro atoms. The highest BCUT2D eigenvalue weighted by Crippen LogP contribution is 2.26. The Morgan fingerprint density at radius 1 is 1.23 bits per heavy atom. The van der Waals surface area contributed by atoms with Gasteiger partial charge in [0.25, 0.3) is 0 Å². The number of benzene rings is 1. The first kappa shape index (κ1) is 15.7. The number of nitrogens with zero attached hydrogens (tertiary/aromatic N) is 6. The fraction of sp³-hybridized carbons (Fsp3) is 0.111. The molecule has 4 aromatic rings. The van der Waals surface area contributed by atoms with Gasteiger partial charge in [0, 0.05) is 25.0 Å². The predicted molar refractivity (Wildman–Crippen MR) is 96.0 cm³/mol. The van der Waals surface area contributed by atoms with Crippen molar-refractivity contribution >= 4 is 17.3 Å². The van der Waals surface area contributed by atoms with Gasteiger partial charge in [-0.15, -0.1) is 5.10 Å². The zero-order chi connectivity index (χ0) is 17.9. The Hall–Kier alpha value is -3.86. The van der Waals surface area contributed by atoms with Gasteiger partial charge in [-0.2, -0.15) is 15.3 Å². The van der Waals surface area contributed by atoms with Crippen molar-refractivity contribution in [2.75, 3.05) is 11.9 Å². The maximum absolute atomic E-state index is 8.58. The van der Waals surface area contributed by atoms with E-state index >= 15 is 0 Å². The molecule has 0 saturated heterocycles. The monoisotopic (exact) mass is 345 g/mol. The summed E-state index contributed by atoms with van der Waals surface area (Å²) >= 11 is 0. The molecule has 3 heterocycles. The first-order valence-electron chi connectivity index (χ1n) is 7.94. The van der Waals surface area contributed by atoms with E-state index in [-0.39, 0.29) is 6.61 Å². The van der Waals surface area contributed by atoms with Crippen molar-refractivity contribution in [2.45, 2.75) is 0 Å². The second-order valence-corrected chi connectivity index (χ2v) is 5.62. The van der Waals surface area contributed by atoms with Gasteiger partial charge in [-0.25, -0.2) is 4.52 Å². The molecule has 0 atom stereocenters. The second kappa shape index (κ2) is 6.57. The van der Waals surface area contributed by atoms with Gasteiger partial charge < -0.3 is 10.1 Å². The Morgan fingerprint density at radius 2 is 2.08 bits per heavy atom. The highest BCUT2D eigenvalue weighted by molar-refractivity contribution is 5.78. The van der Waals surface area contributed by atoms with Crippen LogP contribution in [0.1, 0.15) is 0 Å². The Morgan fingerprint density at radius 3 is 2.81 bits per heavy atom. The summed E-state index contributed by atoms with van der Waals surface area (Å²) in [6.07, 6.45) is 5.42. The predicted octanol–water partition coefficient (Wildman–Crippen LogP) is 2.78. The Bertz CT molecular complexity index is 1090. The smallest absolute Gasteiger partial charge is 0.247 e. The molecule has 1 aromatic carbocycles. The number of nitrogens with one attached hydrogen (secondary N) is 1. The maximum atomic E-state index is 8.58. The van der Waals surface area contributed by atoms with Crippen LogP contribution in [0.4, 0.5) is 11.6 Å². The minimum atomic E-state index is 0.0302. The van der Waals surface area contributed by atoms with Crippen molar-refractivity contribution in [1.82, 2.24) is 24.4 Å². The summed E-state index contributed by atoms with van der Waals surface area (Å²) in [4.78, 5) is 4.60. The zero-order valence-electron chi connectivity index (χ0n) is 14.0. The summed E-state index contributed by atoms with van der Waals surface area (Å²) in [6.45, 7) is 0.0302. The van der Waals surface area contributed by atoms with Crippen LogP contribution in [0.25, 0.3) is 16.8 Å². The molecule has 0 bridgehead atoms. The van der Waals surface area contributed by atoms with E-state index in [9.17, 15) is 0 Å². The lowest BCUT2D eigenvalue weighted by atomic mass is 10.1. The molecule has 0 fully saturated rings. The van der Waals surface area contributed by atoms with E-state index in [1.807, 2.05) is 61.9 Å². The van der Waals surface area contributed by atoms with Crippen LogP contribution in [0.15, 0.2) is 55.0 Å². The van der Waals surface area contributed by atoms with Gasteiger partial charge in [0.05, 0.1) is 11.9 Å². The van der Waals surface area contributed by atoms with Crippen molar-refractivity contribution in [2.24, 2.45) is 7.05 Å². The van der Waals surface area contributed by atoms with E-state index in [1.165, 1.54) is 0 Å². The molecule has 0 aliphatic rings. The number of ether oxygens (including phenoxy) is 1. The summed E-state index contributed by atoms with van der Waals surface area (Å²) in [5, 5.41) is 20.3. The topological polar surface area (TPSA) is 93.1 Å². The van der Waals surface area contributed by atoms with E-state index < -0.39 is 0 Å². The quantitative estimate of drug-likeness (QED) is 0.598. The molecule has 8 heteroatoms. The van der Waals surface area contributed by atoms with E-state index in [4.69, 9.17) is 10.00 Å². The molecule has 3 aromatic heterocycles. The highest BCUT2D eigenvalue weighted by atomic mass is 16.5. The number of hydrogen-bond donors (Lipinski definition) is 1. The minimum absolute atomic E-state index is 0.0302. The number of fused-ring (bicyclic) bond motifs is 1. The Labute approximate surface area is 149 Å². The van der Waals surface area contributed by atoms with Gasteiger partial charge in [0.2, 0.25) is 5.95 Å². The average molecular weight is 345 g/mol. The first-order chi connectivity index (χ1) is 12.7. The largest absolute Gasteiger partial charge is 0.479 e. The van der Waals surface area contributed by atoms with Crippen LogP contribution in [-0.2, 0) is 7.05 Å². The van der Waals surface area contributed by atoms with Crippen LogP contribution in [0.2, 0.25) is 0 Å². The summed E-state index contributed by atoms with van der Waals surface area (Å²) in [5.41, 5.74) is 3.50. The number of nitriles is 1. The van der Waals surface area contributed by atoms with E-state index in [0.717, 1.165) is 22.5 Å². The lowest BCUT2D eigenvalue weighted by molar-refractivity contribution is 0.368. The molecular formula is C18H15N7O. The molecule has 0 radical (unpaired) electrons. The molecule has 128 valence electrons. The Kier molecular flexibility index (Phi) is 3.95. The molecule has 4 rings (SSSR count). The number of aromatic nitrogens is 5. The second-order valence-electron chi connectivity index (χ2n) is 5.62. The van der Waals surface area contributed by atoms with Crippen LogP contribution in [0.3, 0.4) is 0 Å². The standard InChI is InChI=1S/C18H15N7O/c1-24-12-14(11-20-24)21-18-22-17-16(3-2-9-25(17)23-18)13-4-6-15(7-5-13)26-10-8-19/h2-7,9,11-12H,10H2,1H3,(H,21,23). The maximum Gasteiger partial charge on any atom is 0.247 e. The van der Waals surface area contributed by atoms with E-state index in [2.05, 4.69) is 20.5 Å². The first-order valence-corrected chi connectivity index (χ1v) is 7.94. The third-order valence-electron chi connectivity index (χ3n) is 3.79. The molecular weight excluding hydrogens is 330 g/mol. The molecule has 0 unspecified atom stereocenters. The molecule has 0 aliphatic heterocycles.